The molecule has 0 unspecified atom stereocenters. The van der Waals surface area contributed by atoms with Gasteiger partial charge in [0, 0.05) is 10.8 Å². The van der Waals surface area contributed by atoms with E-state index in [1.807, 2.05) is 0 Å². The predicted molar refractivity (Wildman–Crippen MR) is 190 cm³/mol. The zero-order valence-corrected chi connectivity index (χ0v) is 24.6. The highest BCUT2D eigenvalue weighted by atomic mass is 16.3. The maximum Gasteiger partial charge on any atom is 0.135 e. The molecule has 0 saturated heterocycles. The Kier molecular flexibility index (Phi) is 5.89. The molecule has 0 fully saturated rings. The third-order valence-corrected chi connectivity index (χ3v) is 9.06. The molecule has 1 heteroatoms. The van der Waals surface area contributed by atoms with Crippen LogP contribution in [0.2, 0.25) is 0 Å². The molecule has 0 aliphatic heterocycles. The summed E-state index contributed by atoms with van der Waals surface area (Å²) < 4.78 is 6.81. The first kappa shape index (κ1) is 25.6. The third kappa shape index (κ3) is 4.24. The maximum atomic E-state index is 6.81. The first-order chi connectivity index (χ1) is 22.3. The number of benzene rings is 8. The van der Waals surface area contributed by atoms with Crippen molar-refractivity contribution in [2.45, 2.75) is 0 Å². The quantitative estimate of drug-likeness (QED) is 0.204. The largest absolute Gasteiger partial charge is 0.456 e. The fraction of sp³-hybridized carbons (Fsp3) is 0. The number of hydrogen-bond donors (Lipinski definition) is 0. The summed E-state index contributed by atoms with van der Waals surface area (Å²) in [5.41, 5.74) is 11.4. The van der Waals surface area contributed by atoms with Gasteiger partial charge in [-0.05, 0) is 96.4 Å². The number of hydrogen-bond acceptors (Lipinski definition) is 1. The van der Waals surface area contributed by atoms with Crippen molar-refractivity contribution in [1.82, 2.24) is 0 Å². The van der Waals surface area contributed by atoms with Crippen molar-refractivity contribution < 1.29 is 4.42 Å². The molecule has 9 rings (SSSR count). The molecule has 0 radical (unpaired) electrons. The van der Waals surface area contributed by atoms with E-state index in [1.54, 1.807) is 0 Å². The monoisotopic (exact) mass is 572 g/mol. The summed E-state index contributed by atoms with van der Waals surface area (Å²) in [6, 6.07) is 60.9. The molecule has 0 aliphatic carbocycles. The Balaban J connectivity index is 1.35. The molecule has 1 heterocycles. The van der Waals surface area contributed by atoms with Gasteiger partial charge in [-0.15, -0.1) is 0 Å². The molecule has 8 aromatic carbocycles. The van der Waals surface area contributed by atoms with E-state index in [0.29, 0.717) is 0 Å². The molecule has 0 atom stereocenters. The van der Waals surface area contributed by atoms with Crippen LogP contribution in [0.1, 0.15) is 0 Å². The minimum Gasteiger partial charge on any atom is -0.456 e. The SMILES string of the molecule is c1ccc(-c2cc(-c3ccccc3)cc(-c3ccc4oc5ccc(-c6ccccc6)c6cccc(c7cccc3c47)c56)c2)cc1. The lowest BCUT2D eigenvalue weighted by molar-refractivity contribution is 0.664. The summed E-state index contributed by atoms with van der Waals surface area (Å²) in [4.78, 5) is 0. The van der Waals surface area contributed by atoms with Gasteiger partial charge in [-0.1, -0.05) is 140 Å². The predicted octanol–water partition coefficient (Wildman–Crippen LogP) is 12.6. The minimum atomic E-state index is 0.886. The summed E-state index contributed by atoms with van der Waals surface area (Å²) in [5, 5.41) is 7.07. The molecule has 0 amide bonds. The van der Waals surface area contributed by atoms with E-state index in [2.05, 4.69) is 170 Å². The van der Waals surface area contributed by atoms with Crippen LogP contribution in [0.15, 0.2) is 174 Å². The van der Waals surface area contributed by atoms with Gasteiger partial charge in [-0.2, -0.15) is 0 Å². The fourth-order valence-corrected chi connectivity index (χ4v) is 6.98. The van der Waals surface area contributed by atoms with Gasteiger partial charge in [0.1, 0.15) is 11.2 Å². The molecular formula is C44H28O. The molecule has 0 saturated carbocycles. The molecular weight excluding hydrogens is 544 g/mol. The highest BCUT2D eigenvalue weighted by Gasteiger charge is 2.17. The summed E-state index contributed by atoms with van der Waals surface area (Å²) in [6.45, 7) is 0. The Morgan fingerprint density at radius 3 is 1.16 bits per heavy atom. The van der Waals surface area contributed by atoms with E-state index >= 15 is 0 Å². The van der Waals surface area contributed by atoms with Crippen LogP contribution in [0.3, 0.4) is 0 Å². The van der Waals surface area contributed by atoms with Crippen molar-refractivity contribution in [3.05, 3.63) is 170 Å². The molecule has 0 spiro atoms. The Morgan fingerprint density at radius 2 is 0.667 bits per heavy atom. The van der Waals surface area contributed by atoms with E-state index in [-0.39, 0.29) is 0 Å². The highest BCUT2D eigenvalue weighted by Crippen LogP contribution is 2.43. The Labute approximate surface area is 261 Å². The molecule has 0 bridgehead atoms. The van der Waals surface area contributed by atoms with Gasteiger partial charge in [0.2, 0.25) is 0 Å². The van der Waals surface area contributed by atoms with Crippen molar-refractivity contribution in [3.63, 3.8) is 0 Å². The van der Waals surface area contributed by atoms with Crippen LogP contribution >= 0.6 is 0 Å². The van der Waals surface area contributed by atoms with Crippen LogP contribution in [0.25, 0.3) is 88.0 Å². The smallest absolute Gasteiger partial charge is 0.135 e. The summed E-state index contributed by atoms with van der Waals surface area (Å²) in [7, 11) is 0. The summed E-state index contributed by atoms with van der Waals surface area (Å²) in [5.74, 6) is 0. The average Bonchev–Trinajstić information content (AvgIpc) is 3.26. The third-order valence-electron chi connectivity index (χ3n) is 9.06. The zero-order chi connectivity index (χ0) is 29.7. The molecule has 0 N–H and O–H groups in total. The molecule has 1 aromatic heterocycles. The fourth-order valence-electron chi connectivity index (χ4n) is 6.98. The molecule has 0 aliphatic rings. The van der Waals surface area contributed by atoms with Gasteiger partial charge < -0.3 is 4.42 Å². The summed E-state index contributed by atoms with van der Waals surface area (Å²) in [6.07, 6.45) is 0. The van der Waals surface area contributed by atoms with Gasteiger partial charge in [0.05, 0.1) is 0 Å². The maximum absolute atomic E-state index is 6.81. The molecule has 210 valence electrons. The average molecular weight is 573 g/mol. The van der Waals surface area contributed by atoms with Gasteiger partial charge in [-0.3, -0.25) is 0 Å². The zero-order valence-electron chi connectivity index (χ0n) is 24.6. The molecule has 9 aromatic rings. The van der Waals surface area contributed by atoms with E-state index < -0.39 is 0 Å². The Morgan fingerprint density at radius 1 is 0.267 bits per heavy atom. The van der Waals surface area contributed by atoms with Crippen LogP contribution in [0.4, 0.5) is 0 Å². The van der Waals surface area contributed by atoms with E-state index in [0.717, 1.165) is 21.9 Å². The second-order valence-electron chi connectivity index (χ2n) is 11.7. The topological polar surface area (TPSA) is 13.1 Å². The van der Waals surface area contributed by atoms with Crippen LogP contribution in [0.5, 0.6) is 0 Å². The van der Waals surface area contributed by atoms with Crippen molar-refractivity contribution >= 4 is 43.5 Å². The lowest BCUT2D eigenvalue weighted by Gasteiger charge is -2.14. The lowest BCUT2D eigenvalue weighted by atomic mass is 9.90. The lowest BCUT2D eigenvalue weighted by Crippen LogP contribution is -1.88. The van der Waals surface area contributed by atoms with E-state index in [1.165, 1.54) is 66.1 Å². The Bertz CT molecular complexity index is 2450. The first-order valence-corrected chi connectivity index (χ1v) is 15.4. The van der Waals surface area contributed by atoms with Crippen LogP contribution in [0, 0.1) is 0 Å². The van der Waals surface area contributed by atoms with Gasteiger partial charge in [0.25, 0.3) is 0 Å². The first-order valence-electron chi connectivity index (χ1n) is 15.4. The van der Waals surface area contributed by atoms with Gasteiger partial charge in [-0.25, -0.2) is 0 Å². The molecule has 45 heavy (non-hydrogen) atoms. The van der Waals surface area contributed by atoms with Crippen molar-refractivity contribution in [3.8, 4) is 44.5 Å². The number of fused-ring (bicyclic) bond motifs is 1. The van der Waals surface area contributed by atoms with Gasteiger partial charge in [0.15, 0.2) is 0 Å². The van der Waals surface area contributed by atoms with Gasteiger partial charge >= 0.3 is 0 Å². The number of rotatable bonds is 4. The highest BCUT2D eigenvalue weighted by molar-refractivity contribution is 6.26. The van der Waals surface area contributed by atoms with Crippen LogP contribution in [-0.4, -0.2) is 0 Å². The second kappa shape index (κ2) is 10.4. The second-order valence-corrected chi connectivity index (χ2v) is 11.7. The molecule has 1 nitrogen and oxygen atoms in total. The minimum absolute atomic E-state index is 0.886. The van der Waals surface area contributed by atoms with Crippen LogP contribution in [-0.2, 0) is 0 Å². The Hall–Kier alpha value is -5.92. The van der Waals surface area contributed by atoms with E-state index in [4.69, 9.17) is 4.42 Å². The van der Waals surface area contributed by atoms with Crippen molar-refractivity contribution in [1.29, 1.82) is 0 Å². The normalized spacial score (nSPS) is 11.6. The van der Waals surface area contributed by atoms with Crippen molar-refractivity contribution in [2.24, 2.45) is 0 Å². The van der Waals surface area contributed by atoms with Crippen molar-refractivity contribution in [2.75, 3.05) is 0 Å². The van der Waals surface area contributed by atoms with Crippen LogP contribution < -0.4 is 0 Å². The summed E-state index contributed by atoms with van der Waals surface area (Å²) >= 11 is 0. The van der Waals surface area contributed by atoms with E-state index in [9.17, 15) is 0 Å². The standard InChI is InChI=1S/C44H28O/c1-4-12-29(13-5-1)32-26-33(30-14-6-2-7-15-30)28-34(27-32)36-23-25-42-44-38(36)19-11-21-40(44)39-20-10-18-37-35(31-16-8-3-9-17-31)22-24-41(45-42)43(37)39/h1-28H.